The van der Waals surface area contributed by atoms with Crippen LogP contribution in [-0.4, -0.2) is 35.5 Å². The van der Waals surface area contributed by atoms with Crippen molar-refractivity contribution in [1.29, 1.82) is 0 Å². The number of carbonyl (C=O) groups is 1. The molecule has 132 valence electrons. The third-order valence-electron chi connectivity index (χ3n) is 3.73. The highest BCUT2D eigenvalue weighted by Gasteiger charge is 2.16. The molecule has 0 saturated heterocycles. The zero-order valence-corrected chi connectivity index (χ0v) is 15.6. The molecule has 0 aliphatic rings. The molecule has 1 aromatic heterocycles. The highest BCUT2D eigenvalue weighted by molar-refractivity contribution is 7.80. The Kier molecular flexibility index (Phi) is 6.30. The maximum absolute atomic E-state index is 12.1. The summed E-state index contributed by atoms with van der Waals surface area (Å²) in [6.45, 7) is 6.66. The number of benzene rings is 1. The molecule has 0 fully saturated rings. The SMILES string of the molecule is CCNC(=S)NN=Cc1cc(C)n(-c2ccccc2C(=O)OC)c1C. The monoisotopic (exact) mass is 358 g/mol. The van der Waals surface area contributed by atoms with Gasteiger partial charge in [-0.25, -0.2) is 4.79 Å². The Morgan fingerprint density at radius 3 is 2.76 bits per heavy atom. The second-order valence-corrected chi connectivity index (χ2v) is 5.81. The summed E-state index contributed by atoms with van der Waals surface area (Å²) < 4.78 is 6.90. The molecule has 1 aromatic carbocycles. The summed E-state index contributed by atoms with van der Waals surface area (Å²) in [4.78, 5) is 12.1. The van der Waals surface area contributed by atoms with Crippen LogP contribution in [0.5, 0.6) is 0 Å². The fourth-order valence-electron chi connectivity index (χ4n) is 2.60. The van der Waals surface area contributed by atoms with E-state index in [2.05, 4.69) is 15.8 Å². The second kappa shape index (κ2) is 8.43. The Labute approximate surface area is 152 Å². The van der Waals surface area contributed by atoms with E-state index in [4.69, 9.17) is 17.0 Å². The Balaban J connectivity index is 2.36. The summed E-state index contributed by atoms with van der Waals surface area (Å²) >= 11 is 5.08. The lowest BCUT2D eigenvalue weighted by atomic mass is 10.1. The van der Waals surface area contributed by atoms with E-state index in [-0.39, 0.29) is 5.97 Å². The first kappa shape index (κ1) is 18.7. The van der Waals surface area contributed by atoms with Gasteiger partial charge >= 0.3 is 5.97 Å². The van der Waals surface area contributed by atoms with E-state index in [0.717, 1.165) is 29.2 Å². The van der Waals surface area contributed by atoms with E-state index in [0.29, 0.717) is 10.7 Å². The first-order valence-electron chi connectivity index (χ1n) is 7.93. The molecule has 0 atom stereocenters. The van der Waals surface area contributed by atoms with Crippen molar-refractivity contribution >= 4 is 29.5 Å². The maximum atomic E-state index is 12.1. The summed E-state index contributed by atoms with van der Waals surface area (Å²) in [5, 5.41) is 7.60. The number of hydrogen-bond acceptors (Lipinski definition) is 4. The molecule has 6 nitrogen and oxygen atoms in total. The molecule has 0 unspecified atom stereocenters. The molecule has 2 rings (SSSR count). The smallest absolute Gasteiger partial charge is 0.339 e. The summed E-state index contributed by atoms with van der Waals surface area (Å²) in [5.74, 6) is -0.365. The van der Waals surface area contributed by atoms with E-state index in [9.17, 15) is 4.79 Å². The van der Waals surface area contributed by atoms with Gasteiger partial charge in [-0.1, -0.05) is 12.1 Å². The number of nitrogens with zero attached hydrogens (tertiary/aromatic N) is 2. The van der Waals surface area contributed by atoms with Gasteiger partial charge in [0, 0.05) is 23.5 Å². The minimum atomic E-state index is -0.365. The Bertz CT molecular complexity index is 811. The molecule has 2 N–H and O–H groups in total. The van der Waals surface area contributed by atoms with Crippen LogP contribution in [-0.2, 0) is 4.74 Å². The fraction of sp³-hybridized carbons (Fsp3) is 0.278. The number of thiocarbonyl (C=S) groups is 1. The number of rotatable bonds is 5. The van der Waals surface area contributed by atoms with Gasteiger partial charge in [0.05, 0.1) is 24.6 Å². The third kappa shape index (κ3) is 4.24. The molecule has 0 aliphatic carbocycles. The van der Waals surface area contributed by atoms with Gasteiger partial charge in [-0.15, -0.1) is 0 Å². The van der Waals surface area contributed by atoms with Crippen LogP contribution in [0.4, 0.5) is 0 Å². The minimum absolute atomic E-state index is 0.365. The summed E-state index contributed by atoms with van der Waals surface area (Å²) in [5.41, 5.74) is 6.96. The first-order valence-corrected chi connectivity index (χ1v) is 8.34. The summed E-state index contributed by atoms with van der Waals surface area (Å²) in [6.07, 6.45) is 1.71. The highest BCUT2D eigenvalue weighted by atomic mass is 32.1. The Morgan fingerprint density at radius 1 is 1.36 bits per heavy atom. The van der Waals surface area contributed by atoms with Crippen LogP contribution >= 0.6 is 12.2 Å². The minimum Gasteiger partial charge on any atom is -0.465 e. The number of methoxy groups -OCH3 is 1. The summed E-state index contributed by atoms with van der Waals surface area (Å²) in [7, 11) is 1.38. The fourth-order valence-corrected chi connectivity index (χ4v) is 2.80. The van der Waals surface area contributed by atoms with E-state index < -0.39 is 0 Å². The van der Waals surface area contributed by atoms with Crippen molar-refractivity contribution in [2.24, 2.45) is 5.10 Å². The zero-order chi connectivity index (χ0) is 18.4. The van der Waals surface area contributed by atoms with Crippen molar-refractivity contribution < 1.29 is 9.53 Å². The molecule has 0 bridgehead atoms. The lowest BCUT2D eigenvalue weighted by Crippen LogP contribution is -2.31. The summed E-state index contributed by atoms with van der Waals surface area (Å²) in [6, 6.07) is 9.36. The van der Waals surface area contributed by atoms with Crippen LogP contribution in [0.15, 0.2) is 35.4 Å². The maximum Gasteiger partial charge on any atom is 0.339 e. The molecule has 1 heterocycles. The van der Waals surface area contributed by atoms with E-state index in [1.807, 2.05) is 49.6 Å². The van der Waals surface area contributed by atoms with Gasteiger partial charge in [0.2, 0.25) is 0 Å². The zero-order valence-electron chi connectivity index (χ0n) is 14.8. The lowest BCUT2D eigenvalue weighted by Gasteiger charge is -2.13. The van der Waals surface area contributed by atoms with E-state index in [1.54, 1.807) is 12.3 Å². The van der Waals surface area contributed by atoms with Crippen molar-refractivity contribution in [2.75, 3.05) is 13.7 Å². The van der Waals surface area contributed by atoms with Gasteiger partial charge in [-0.2, -0.15) is 5.10 Å². The normalized spacial score (nSPS) is 10.7. The van der Waals surface area contributed by atoms with Gasteiger partial charge < -0.3 is 14.6 Å². The van der Waals surface area contributed by atoms with Crippen LogP contribution in [0, 0.1) is 13.8 Å². The molecule has 0 radical (unpaired) electrons. The molecule has 7 heteroatoms. The number of hydrogen-bond donors (Lipinski definition) is 2. The lowest BCUT2D eigenvalue weighted by molar-refractivity contribution is 0.0601. The average Bonchev–Trinajstić information content (AvgIpc) is 2.88. The number of nitrogens with one attached hydrogen (secondary N) is 2. The largest absolute Gasteiger partial charge is 0.465 e. The number of aromatic nitrogens is 1. The van der Waals surface area contributed by atoms with E-state index in [1.165, 1.54) is 7.11 Å². The molecule has 0 aliphatic heterocycles. The number of aryl methyl sites for hydroxylation is 1. The van der Waals surface area contributed by atoms with Crippen molar-refractivity contribution in [3.63, 3.8) is 0 Å². The highest BCUT2D eigenvalue weighted by Crippen LogP contribution is 2.23. The molecule has 25 heavy (non-hydrogen) atoms. The number of ether oxygens (including phenoxy) is 1. The van der Waals surface area contributed by atoms with Crippen molar-refractivity contribution in [3.8, 4) is 5.69 Å². The number of carbonyl (C=O) groups excluding carboxylic acids is 1. The molecule has 0 spiro atoms. The van der Waals surface area contributed by atoms with E-state index >= 15 is 0 Å². The predicted octanol–water partition coefficient (Wildman–Crippen LogP) is 2.70. The molecule has 0 saturated carbocycles. The van der Waals surface area contributed by atoms with Crippen LogP contribution in [0.25, 0.3) is 5.69 Å². The third-order valence-corrected chi connectivity index (χ3v) is 3.96. The van der Waals surface area contributed by atoms with Crippen molar-refractivity contribution in [3.05, 3.63) is 52.8 Å². The first-order chi connectivity index (χ1) is 12.0. The Hall–Kier alpha value is -2.67. The number of hydrazone groups is 1. The topological polar surface area (TPSA) is 67.7 Å². The molecular formula is C18H22N4O2S. The van der Waals surface area contributed by atoms with Crippen LogP contribution < -0.4 is 10.7 Å². The molecule has 0 amide bonds. The van der Waals surface area contributed by atoms with Gasteiger partial charge in [0.15, 0.2) is 5.11 Å². The molecular weight excluding hydrogens is 336 g/mol. The van der Waals surface area contributed by atoms with Crippen molar-refractivity contribution in [2.45, 2.75) is 20.8 Å². The predicted molar refractivity (Wildman–Crippen MR) is 104 cm³/mol. The quantitative estimate of drug-likeness (QED) is 0.372. The van der Waals surface area contributed by atoms with Crippen LogP contribution in [0.1, 0.15) is 34.2 Å². The van der Waals surface area contributed by atoms with Gasteiger partial charge in [-0.05, 0) is 51.2 Å². The second-order valence-electron chi connectivity index (χ2n) is 5.40. The van der Waals surface area contributed by atoms with Gasteiger partial charge in [-0.3, -0.25) is 5.43 Å². The Morgan fingerprint density at radius 2 is 2.08 bits per heavy atom. The number of para-hydroxylation sites is 1. The van der Waals surface area contributed by atoms with Crippen molar-refractivity contribution in [1.82, 2.24) is 15.3 Å². The average molecular weight is 358 g/mol. The van der Waals surface area contributed by atoms with Gasteiger partial charge in [0.25, 0.3) is 0 Å². The van der Waals surface area contributed by atoms with Crippen LogP contribution in [0.3, 0.4) is 0 Å². The molecule has 2 aromatic rings. The van der Waals surface area contributed by atoms with Crippen LogP contribution in [0.2, 0.25) is 0 Å². The van der Waals surface area contributed by atoms with Gasteiger partial charge in [0.1, 0.15) is 0 Å². The number of esters is 1. The standard InChI is InChI=1S/C18H22N4O2S/c1-5-19-18(25)21-20-11-14-10-12(2)22(13(14)3)16-9-7-6-8-15(16)17(23)24-4/h6-11H,5H2,1-4H3,(H2,19,21,25).